The van der Waals surface area contributed by atoms with Crippen LogP contribution in [-0.2, 0) is 6.42 Å². The highest BCUT2D eigenvalue weighted by atomic mass is 32.1. The van der Waals surface area contributed by atoms with Crippen molar-refractivity contribution in [1.29, 1.82) is 0 Å². The molecule has 0 unspecified atom stereocenters. The number of pyridine rings is 1. The molecule has 0 amide bonds. The molecular formula is C15H12N6OS. The van der Waals surface area contributed by atoms with Crippen LogP contribution >= 0.6 is 11.3 Å². The summed E-state index contributed by atoms with van der Waals surface area (Å²) in [6.07, 6.45) is 7.63. The van der Waals surface area contributed by atoms with Crippen LogP contribution in [0.5, 0.6) is 0 Å². The highest BCUT2D eigenvalue weighted by molar-refractivity contribution is 7.18. The van der Waals surface area contributed by atoms with Crippen molar-refractivity contribution in [2.75, 3.05) is 0 Å². The number of rotatable bonds is 2. The van der Waals surface area contributed by atoms with Gasteiger partial charge in [-0.1, -0.05) is 5.16 Å². The van der Waals surface area contributed by atoms with Crippen molar-refractivity contribution in [3.8, 4) is 21.3 Å². The maximum absolute atomic E-state index is 9.14. The fourth-order valence-electron chi connectivity index (χ4n) is 2.49. The fourth-order valence-corrected chi connectivity index (χ4v) is 3.33. The molecule has 0 aliphatic heterocycles. The summed E-state index contributed by atoms with van der Waals surface area (Å²) in [5.41, 5.74) is 2.94. The summed E-state index contributed by atoms with van der Waals surface area (Å²) in [6.45, 7) is 0. The summed E-state index contributed by atoms with van der Waals surface area (Å²) >= 11 is 1.48. The van der Waals surface area contributed by atoms with Gasteiger partial charge in [-0.05, 0) is 31.4 Å². The Morgan fingerprint density at radius 2 is 2.13 bits per heavy atom. The minimum atomic E-state index is 0.499. The van der Waals surface area contributed by atoms with E-state index in [1.807, 2.05) is 12.1 Å². The molecule has 0 saturated carbocycles. The lowest BCUT2D eigenvalue weighted by Crippen LogP contribution is -2.17. The summed E-state index contributed by atoms with van der Waals surface area (Å²) in [7, 11) is 0. The Morgan fingerprint density at radius 3 is 2.96 bits per heavy atom. The highest BCUT2D eigenvalue weighted by Crippen LogP contribution is 2.30. The van der Waals surface area contributed by atoms with Gasteiger partial charge in [-0.25, -0.2) is 9.97 Å². The average molecular weight is 324 g/mol. The predicted octanol–water partition coefficient (Wildman–Crippen LogP) is 2.57. The monoisotopic (exact) mass is 324 g/mol. The number of hydrogen-bond donors (Lipinski definition) is 1. The molecule has 1 aliphatic carbocycles. The molecule has 8 heteroatoms. The smallest absolute Gasteiger partial charge is 0.194 e. The van der Waals surface area contributed by atoms with E-state index in [1.165, 1.54) is 11.3 Å². The Labute approximate surface area is 135 Å². The van der Waals surface area contributed by atoms with Gasteiger partial charge >= 0.3 is 0 Å². The maximum atomic E-state index is 9.14. The van der Waals surface area contributed by atoms with E-state index < -0.39 is 0 Å². The van der Waals surface area contributed by atoms with E-state index >= 15 is 0 Å². The molecule has 3 heterocycles. The molecule has 3 aromatic heterocycles. The number of thiazole rings is 1. The molecule has 23 heavy (non-hydrogen) atoms. The van der Waals surface area contributed by atoms with Crippen molar-refractivity contribution in [3.05, 3.63) is 42.1 Å². The van der Waals surface area contributed by atoms with Gasteiger partial charge in [-0.3, -0.25) is 4.98 Å². The number of hydrogen-bond acceptors (Lipinski definition) is 8. The Hall–Kier alpha value is -2.74. The lowest BCUT2D eigenvalue weighted by atomic mass is 9.99. The molecule has 0 aromatic carbocycles. The highest BCUT2D eigenvalue weighted by Gasteiger charge is 2.21. The van der Waals surface area contributed by atoms with Crippen molar-refractivity contribution in [2.45, 2.75) is 19.3 Å². The third-order valence-electron chi connectivity index (χ3n) is 3.61. The van der Waals surface area contributed by atoms with Crippen LogP contribution in [0.4, 0.5) is 0 Å². The van der Waals surface area contributed by atoms with Crippen LogP contribution in [0.1, 0.15) is 24.2 Å². The van der Waals surface area contributed by atoms with Gasteiger partial charge in [0.15, 0.2) is 5.82 Å². The molecule has 114 valence electrons. The van der Waals surface area contributed by atoms with Crippen molar-refractivity contribution in [2.24, 2.45) is 5.16 Å². The molecule has 0 bridgehead atoms. The van der Waals surface area contributed by atoms with Gasteiger partial charge in [-0.15, -0.1) is 16.4 Å². The molecule has 0 radical (unpaired) electrons. The zero-order chi connectivity index (χ0) is 15.6. The molecule has 1 aliphatic rings. The molecule has 3 aromatic rings. The van der Waals surface area contributed by atoms with Crippen molar-refractivity contribution >= 4 is 17.0 Å². The Kier molecular flexibility index (Phi) is 3.51. The quantitative estimate of drug-likeness (QED) is 0.575. The molecular weight excluding hydrogens is 312 g/mol. The third-order valence-corrected chi connectivity index (χ3v) is 4.65. The number of fused-ring (bicyclic) bond motifs is 1. The van der Waals surface area contributed by atoms with E-state index in [-0.39, 0.29) is 0 Å². The predicted molar refractivity (Wildman–Crippen MR) is 85.4 cm³/mol. The minimum absolute atomic E-state index is 0.499. The number of nitrogens with zero attached hydrogens (tertiary/aromatic N) is 6. The van der Waals surface area contributed by atoms with Gasteiger partial charge in [0.25, 0.3) is 0 Å². The SMILES string of the molecule is O/N=C1\CCCc2nnc(-c3cnc(-c4cccnc4)s3)nc21. The lowest BCUT2D eigenvalue weighted by Gasteiger charge is -2.13. The second-order valence-corrected chi connectivity index (χ2v) is 6.13. The molecule has 0 fully saturated rings. The van der Waals surface area contributed by atoms with Crippen LogP contribution in [0, 0.1) is 0 Å². The van der Waals surface area contributed by atoms with Gasteiger partial charge in [0.05, 0.1) is 10.6 Å². The summed E-state index contributed by atoms with van der Waals surface area (Å²) in [4.78, 5) is 13.9. The average Bonchev–Trinajstić information content (AvgIpc) is 3.11. The summed E-state index contributed by atoms with van der Waals surface area (Å²) < 4.78 is 0. The number of aromatic nitrogens is 5. The Morgan fingerprint density at radius 1 is 1.17 bits per heavy atom. The zero-order valence-electron chi connectivity index (χ0n) is 12.0. The van der Waals surface area contributed by atoms with Gasteiger partial charge in [0.1, 0.15) is 16.4 Å². The van der Waals surface area contributed by atoms with Crippen LogP contribution < -0.4 is 0 Å². The van der Waals surface area contributed by atoms with Crippen LogP contribution in [-0.4, -0.2) is 36.1 Å². The number of aryl methyl sites for hydroxylation is 1. The van der Waals surface area contributed by atoms with Gasteiger partial charge in [-0.2, -0.15) is 5.10 Å². The second kappa shape index (κ2) is 5.81. The molecule has 4 rings (SSSR count). The lowest BCUT2D eigenvalue weighted by molar-refractivity contribution is 0.317. The Balaban J connectivity index is 1.73. The summed E-state index contributed by atoms with van der Waals surface area (Å²) in [5, 5.41) is 21.8. The number of oxime groups is 1. The van der Waals surface area contributed by atoms with Crippen molar-refractivity contribution in [3.63, 3.8) is 0 Å². The standard InChI is InChI=1S/C15H12N6OS/c22-21-11-5-1-4-10-13(11)18-14(20-19-10)12-8-17-15(23-12)9-3-2-6-16-7-9/h2-3,6-8,22H,1,4-5H2/b21-11+. The molecule has 0 spiro atoms. The largest absolute Gasteiger partial charge is 0.411 e. The van der Waals surface area contributed by atoms with E-state index in [2.05, 4.69) is 30.3 Å². The molecule has 0 atom stereocenters. The topological polar surface area (TPSA) is 97.0 Å². The summed E-state index contributed by atoms with van der Waals surface area (Å²) in [5.74, 6) is 0.499. The molecule has 7 nitrogen and oxygen atoms in total. The molecule has 1 N–H and O–H groups in total. The van der Waals surface area contributed by atoms with Gasteiger partial charge < -0.3 is 5.21 Å². The maximum Gasteiger partial charge on any atom is 0.194 e. The van der Waals surface area contributed by atoms with Crippen molar-refractivity contribution < 1.29 is 5.21 Å². The normalized spacial score (nSPS) is 15.6. The summed E-state index contributed by atoms with van der Waals surface area (Å²) in [6, 6.07) is 3.83. The van der Waals surface area contributed by atoms with Crippen LogP contribution in [0.25, 0.3) is 21.3 Å². The van der Waals surface area contributed by atoms with Gasteiger partial charge in [0.2, 0.25) is 0 Å². The third kappa shape index (κ3) is 2.57. The van der Waals surface area contributed by atoms with Crippen LogP contribution in [0.3, 0.4) is 0 Å². The van der Waals surface area contributed by atoms with Gasteiger partial charge in [0, 0.05) is 24.2 Å². The second-order valence-electron chi connectivity index (χ2n) is 5.10. The molecule has 0 saturated heterocycles. The van der Waals surface area contributed by atoms with E-state index in [0.717, 1.165) is 34.0 Å². The van der Waals surface area contributed by atoms with E-state index in [1.54, 1.807) is 18.6 Å². The first-order chi connectivity index (χ1) is 11.3. The van der Waals surface area contributed by atoms with Crippen LogP contribution in [0.15, 0.2) is 35.9 Å². The minimum Gasteiger partial charge on any atom is -0.411 e. The Bertz CT molecular complexity index is 877. The first-order valence-electron chi connectivity index (χ1n) is 7.16. The van der Waals surface area contributed by atoms with E-state index in [9.17, 15) is 0 Å². The first-order valence-corrected chi connectivity index (χ1v) is 7.98. The van der Waals surface area contributed by atoms with E-state index in [4.69, 9.17) is 5.21 Å². The zero-order valence-corrected chi connectivity index (χ0v) is 12.9. The van der Waals surface area contributed by atoms with Crippen molar-refractivity contribution in [1.82, 2.24) is 25.1 Å². The van der Waals surface area contributed by atoms with E-state index in [0.29, 0.717) is 23.7 Å². The van der Waals surface area contributed by atoms with Crippen LogP contribution in [0.2, 0.25) is 0 Å². The fraction of sp³-hybridized carbons (Fsp3) is 0.200. The first kappa shape index (κ1) is 13.9.